The van der Waals surface area contributed by atoms with Crippen LogP contribution in [-0.4, -0.2) is 11.9 Å². The number of hydrogen-bond acceptors (Lipinski definition) is 3. The lowest BCUT2D eigenvalue weighted by molar-refractivity contribution is -0.125. The summed E-state index contributed by atoms with van der Waals surface area (Å²) in [5.41, 5.74) is 1.91. The van der Waals surface area contributed by atoms with Crippen molar-refractivity contribution in [2.24, 2.45) is 5.92 Å². The van der Waals surface area contributed by atoms with Crippen LogP contribution in [0.3, 0.4) is 0 Å². The number of Topliss-reactive ketones (excluding diaryl/α,β-unsaturated/α-hetero) is 1. The highest BCUT2D eigenvalue weighted by Gasteiger charge is 2.54. The number of carbonyl (C=O) groups excluding carboxylic acids is 1. The van der Waals surface area contributed by atoms with Crippen LogP contribution in [0.2, 0.25) is 0 Å². The minimum Gasteiger partial charge on any atom is -0.489 e. The van der Waals surface area contributed by atoms with Gasteiger partial charge in [-0.1, -0.05) is 24.6 Å². The second-order valence-electron chi connectivity index (χ2n) is 5.52. The first-order chi connectivity index (χ1) is 8.55. The molecule has 3 heteroatoms. The van der Waals surface area contributed by atoms with E-state index in [2.05, 4.69) is 19.1 Å². The van der Waals surface area contributed by atoms with Gasteiger partial charge >= 0.3 is 0 Å². The molecule has 0 radical (unpaired) electrons. The Morgan fingerprint density at radius 1 is 1.44 bits per heavy atom. The molecule has 1 fully saturated rings. The molecule has 3 rings (SSSR count). The standard InChI is InChI=1S/C15H15NO2/c1-9-3-4-13-12(5-9)15(2)10(8-16)6-11(17)7-14(15)18-13/h3-5,10,14H,6-7H2,1-2H3. The second kappa shape index (κ2) is 3.58. The minimum atomic E-state index is -0.343. The molecular weight excluding hydrogens is 226 g/mol. The van der Waals surface area contributed by atoms with Crippen LogP contribution in [-0.2, 0) is 10.2 Å². The van der Waals surface area contributed by atoms with Crippen LogP contribution in [0.15, 0.2) is 18.2 Å². The molecule has 0 aromatic heterocycles. The van der Waals surface area contributed by atoms with Gasteiger partial charge in [-0.15, -0.1) is 0 Å². The van der Waals surface area contributed by atoms with Crippen molar-refractivity contribution in [2.45, 2.75) is 38.2 Å². The molecule has 1 saturated carbocycles. The van der Waals surface area contributed by atoms with Gasteiger partial charge in [-0.2, -0.15) is 5.26 Å². The summed E-state index contributed by atoms with van der Waals surface area (Å²) < 4.78 is 5.90. The highest BCUT2D eigenvalue weighted by Crippen LogP contribution is 2.52. The molecule has 0 spiro atoms. The van der Waals surface area contributed by atoms with E-state index in [9.17, 15) is 10.1 Å². The lowest BCUT2D eigenvalue weighted by atomic mass is 9.63. The molecule has 1 aromatic carbocycles. The molecule has 2 aliphatic rings. The first kappa shape index (κ1) is 11.3. The third-order valence-corrected chi connectivity index (χ3v) is 4.38. The zero-order valence-electron chi connectivity index (χ0n) is 10.6. The van der Waals surface area contributed by atoms with E-state index in [-0.39, 0.29) is 23.2 Å². The molecule has 0 bridgehead atoms. The lowest BCUT2D eigenvalue weighted by Crippen LogP contribution is -2.47. The number of benzene rings is 1. The number of rotatable bonds is 0. The fourth-order valence-corrected chi connectivity index (χ4v) is 3.19. The SMILES string of the molecule is Cc1ccc2c(c1)C1(C)C(C#N)CC(=O)CC1O2. The maximum atomic E-state index is 11.7. The highest BCUT2D eigenvalue weighted by atomic mass is 16.5. The van der Waals surface area contributed by atoms with Crippen LogP contribution in [0, 0.1) is 24.2 Å². The highest BCUT2D eigenvalue weighted by molar-refractivity contribution is 5.82. The minimum absolute atomic E-state index is 0.133. The molecule has 0 amide bonds. The molecule has 1 aliphatic carbocycles. The Hall–Kier alpha value is -1.82. The number of nitrogens with zero attached hydrogens (tertiary/aromatic N) is 1. The molecule has 3 unspecified atom stereocenters. The van der Waals surface area contributed by atoms with Crippen LogP contribution < -0.4 is 4.74 Å². The topological polar surface area (TPSA) is 50.1 Å². The summed E-state index contributed by atoms with van der Waals surface area (Å²) in [5.74, 6) is 0.684. The number of nitriles is 1. The van der Waals surface area contributed by atoms with Crippen molar-refractivity contribution in [2.75, 3.05) is 0 Å². The molecule has 3 atom stereocenters. The smallest absolute Gasteiger partial charge is 0.137 e. The summed E-state index contributed by atoms with van der Waals surface area (Å²) in [7, 11) is 0. The maximum Gasteiger partial charge on any atom is 0.137 e. The Labute approximate surface area is 106 Å². The van der Waals surface area contributed by atoms with Gasteiger partial charge in [0.2, 0.25) is 0 Å². The Kier molecular flexibility index (Phi) is 2.25. The van der Waals surface area contributed by atoms with Crippen molar-refractivity contribution in [3.05, 3.63) is 29.3 Å². The van der Waals surface area contributed by atoms with Gasteiger partial charge in [0.05, 0.1) is 12.0 Å². The van der Waals surface area contributed by atoms with Crippen LogP contribution in [0.25, 0.3) is 0 Å². The third-order valence-electron chi connectivity index (χ3n) is 4.38. The molecule has 1 aliphatic heterocycles. The normalized spacial score (nSPS) is 33.3. The van der Waals surface area contributed by atoms with Gasteiger partial charge in [-0.25, -0.2) is 0 Å². The molecule has 1 heterocycles. The molecule has 0 saturated heterocycles. The van der Waals surface area contributed by atoms with E-state index < -0.39 is 0 Å². The van der Waals surface area contributed by atoms with E-state index in [1.165, 1.54) is 0 Å². The van der Waals surface area contributed by atoms with Crippen molar-refractivity contribution in [1.29, 1.82) is 5.26 Å². The second-order valence-corrected chi connectivity index (χ2v) is 5.52. The van der Waals surface area contributed by atoms with E-state index in [1.54, 1.807) is 0 Å². The fraction of sp³-hybridized carbons (Fsp3) is 0.467. The summed E-state index contributed by atoms with van der Waals surface area (Å²) in [5, 5.41) is 9.36. The third kappa shape index (κ3) is 1.32. The summed E-state index contributed by atoms with van der Waals surface area (Å²) in [6, 6.07) is 8.35. The first-order valence-corrected chi connectivity index (χ1v) is 6.25. The average molecular weight is 241 g/mol. The quantitative estimate of drug-likeness (QED) is 0.701. The van der Waals surface area contributed by atoms with Gasteiger partial charge in [0.15, 0.2) is 0 Å². The van der Waals surface area contributed by atoms with Crippen molar-refractivity contribution >= 4 is 5.78 Å². The van der Waals surface area contributed by atoms with E-state index in [0.29, 0.717) is 12.8 Å². The predicted octanol–water partition coefficient (Wildman–Crippen LogP) is 2.52. The number of hydrogen-bond donors (Lipinski definition) is 0. The summed E-state index contributed by atoms with van der Waals surface area (Å²) in [6.45, 7) is 4.09. The lowest BCUT2D eigenvalue weighted by Gasteiger charge is -2.37. The van der Waals surface area contributed by atoms with Crippen molar-refractivity contribution in [3.8, 4) is 11.8 Å². The number of aryl methyl sites for hydroxylation is 1. The molecule has 1 aromatic rings. The maximum absolute atomic E-state index is 11.7. The molecule has 18 heavy (non-hydrogen) atoms. The van der Waals surface area contributed by atoms with E-state index in [0.717, 1.165) is 16.9 Å². The molecule has 92 valence electrons. The zero-order valence-corrected chi connectivity index (χ0v) is 10.6. The number of carbonyl (C=O) groups is 1. The summed E-state index contributed by atoms with van der Waals surface area (Å²) in [4.78, 5) is 11.7. The zero-order chi connectivity index (χ0) is 12.9. The van der Waals surface area contributed by atoms with Gasteiger partial charge in [-0.3, -0.25) is 4.79 Å². The van der Waals surface area contributed by atoms with Crippen molar-refractivity contribution in [3.63, 3.8) is 0 Å². The van der Waals surface area contributed by atoms with E-state index in [4.69, 9.17) is 4.74 Å². The Morgan fingerprint density at radius 3 is 2.94 bits per heavy atom. The van der Waals surface area contributed by atoms with Crippen LogP contribution in [0.5, 0.6) is 5.75 Å². The van der Waals surface area contributed by atoms with Gasteiger partial charge in [0, 0.05) is 23.8 Å². The predicted molar refractivity (Wildman–Crippen MR) is 66.3 cm³/mol. The average Bonchev–Trinajstić information content (AvgIpc) is 2.62. The van der Waals surface area contributed by atoms with E-state index in [1.807, 2.05) is 19.1 Å². The van der Waals surface area contributed by atoms with E-state index >= 15 is 0 Å². The summed E-state index contributed by atoms with van der Waals surface area (Å²) >= 11 is 0. The Bertz CT molecular complexity index is 572. The van der Waals surface area contributed by atoms with Gasteiger partial charge in [-0.05, 0) is 13.0 Å². The van der Waals surface area contributed by atoms with Crippen molar-refractivity contribution in [1.82, 2.24) is 0 Å². The summed E-state index contributed by atoms with van der Waals surface area (Å²) in [6.07, 6.45) is 0.586. The first-order valence-electron chi connectivity index (χ1n) is 6.25. The van der Waals surface area contributed by atoms with Gasteiger partial charge in [0.1, 0.15) is 17.6 Å². The number of ketones is 1. The van der Waals surface area contributed by atoms with Crippen LogP contribution in [0.1, 0.15) is 30.9 Å². The van der Waals surface area contributed by atoms with Gasteiger partial charge in [0.25, 0.3) is 0 Å². The molecular formula is C15H15NO2. The van der Waals surface area contributed by atoms with Crippen LogP contribution in [0.4, 0.5) is 0 Å². The van der Waals surface area contributed by atoms with Crippen molar-refractivity contribution < 1.29 is 9.53 Å². The Morgan fingerprint density at radius 2 is 2.22 bits per heavy atom. The number of fused-ring (bicyclic) bond motifs is 3. The fourth-order valence-electron chi connectivity index (χ4n) is 3.19. The number of ether oxygens (including phenoxy) is 1. The molecule has 3 nitrogen and oxygen atoms in total. The monoisotopic (exact) mass is 241 g/mol. The Balaban J connectivity index is 2.16. The molecule has 0 N–H and O–H groups in total. The largest absolute Gasteiger partial charge is 0.489 e. The van der Waals surface area contributed by atoms with Gasteiger partial charge < -0.3 is 4.74 Å². The van der Waals surface area contributed by atoms with Crippen LogP contribution >= 0.6 is 0 Å².